The van der Waals surface area contributed by atoms with Crippen molar-refractivity contribution in [2.45, 2.75) is 17.9 Å². The highest BCUT2D eigenvalue weighted by atomic mass is 32.2. The number of sulfonamides is 1. The first-order valence-corrected chi connectivity index (χ1v) is 7.30. The first kappa shape index (κ1) is 13.8. The Morgan fingerprint density at radius 2 is 2.00 bits per heavy atom. The number of aromatic nitrogens is 1. The summed E-state index contributed by atoms with van der Waals surface area (Å²) < 4.78 is 25.8. The summed E-state index contributed by atoms with van der Waals surface area (Å²) in [5, 5.41) is 8.82. The molecule has 0 aliphatic carbocycles. The third-order valence-corrected chi connectivity index (χ3v) is 4.98. The van der Waals surface area contributed by atoms with Gasteiger partial charge in [0.05, 0.1) is 17.8 Å². The average Bonchev–Trinajstić information content (AvgIpc) is 2.39. The molecule has 1 aromatic heterocycles. The van der Waals surface area contributed by atoms with Crippen molar-refractivity contribution >= 4 is 21.7 Å². The number of aliphatic carboxylic acids is 1. The van der Waals surface area contributed by atoms with Gasteiger partial charge in [0.1, 0.15) is 0 Å². The normalized spacial score (nSPS) is 18.3. The van der Waals surface area contributed by atoms with Crippen LogP contribution in [-0.2, 0) is 14.8 Å². The standard InChI is InChI=1S/C11H15N3O4S/c12-9-1-2-10(13-7-9)19(17,18)14-5-3-8(4-6-14)11(15)16/h1-2,7-8H,3-6,12H2,(H,15,16). The summed E-state index contributed by atoms with van der Waals surface area (Å²) in [7, 11) is -3.65. The Bertz CT molecular complexity index is 562. The molecule has 7 nitrogen and oxygen atoms in total. The second-order valence-electron chi connectivity index (χ2n) is 4.45. The molecule has 0 aromatic carbocycles. The van der Waals surface area contributed by atoms with E-state index in [2.05, 4.69) is 4.98 Å². The number of nitrogen functional groups attached to an aromatic ring is 1. The fraction of sp³-hybridized carbons (Fsp3) is 0.455. The quantitative estimate of drug-likeness (QED) is 0.817. The van der Waals surface area contributed by atoms with Crippen molar-refractivity contribution in [3.8, 4) is 0 Å². The molecule has 104 valence electrons. The van der Waals surface area contributed by atoms with Crippen LogP contribution in [0.3, 0.4) is 0 Å². The molecule has 1 saturated heterocycles. The summed E-state index contributed by atoms with van der Waals surface area (Å²) in [4.78, 5) is 14.6. The Morgan fingerprint density at radius 3 is 2.47 bits per heavy atom. The molecule has 1 aliphatic heterocycles. The molecule has 0 unspecified atom stereocenters. The zero-order valence-electron chi connectivity index (χ0n) is 10.2. The maximum Gasteiger partial charge on any atom is 0.306 e. The van der Waals surface area contributed by atoms with Gasteiger partial charge in [0.25, 0.3) is 10.0 Å². The number of carboxylic acid groups (broad SMARTS) is 1. The Morgan fingerprint density at radius 1 is 1.37 bits per heavy atom. The van der Waals surface area contributed by atoms with Crippen LogP contribution >= 0.6 is 0 Å². The molecular weight excluding hydrogens is 270 g/mol. The molecule has 3 N–H and O–H groups in total. The van der Waals surface area contributed by atoms with Gasteiger partial charge in [0.2, 0.25) is 0 Å². The van der Waals surface area contributed by atoms with Gasteiger partial charge in [-0.05, 0) is 25.0 Å². The molecule has 2 rings (SSSR count). The lowest BCUT2D eigenvalue weighted by Crippen LogP contribution is -2.40. The molecule has 0 saturated carbocycles. The number of piperidine rings is 1. The number of carboxylic acids is 1. The van der Waals surface area contributed by atoms with Gasteiger partial charge in [-0.3, -0.25) is 4.79 Å². The lowest BCUT2D eigenvalue weighted by atomic mass is 9.99. The SMILES string of the molecule is Nc1ccc(S(=O)(=O)N2CCC(C(=O)O)CC2)nc1. The van der Waals surface area contributed by atoms with Gasteiger partial charge in [0.15, 0.2) is 5.03 Å². The summed E-state index contributed by atoms with van der Waals surface area (Å²) in [6, 6.07) is 2.83. The monoisotopic (exact) mass is 285 g/mol. The van der Waals surface area contributed by atoms with Gasteiger partial charge in [-0.2, -0.15) is 4.31 Å². The second kappa shape index (κ2) is 5.14. The first-order chi connectivity index (χ1) is 8.91. The smallest absolute Gasteiger partial charge is 0.306 e. The van der Waals surface area contributed by atoms with E-state index in [-0.39, 0.29) is 18.1 Å². The molecule has 0 atom stereocenters. The lowest BCUT2D eigenvalue weighted by Gasteiger charge is -2.28. The zero-order chi connectivity index (χ0) is 14.0. The molecule has 0 amide bonds. The highest BCUT2D eigenvalue weighted by Gasteiger charge is 2.32. The number of anilines is 1. The minimum Gasteiger partial charge on any atom is -0.481 e. The molecule has 2 heterocycles. The van der Waals surface area contributed by atoms with E-state index in [1.165, 1.54) is 22.6 Å². The number of nitrogens with two attached hydrogens (primary N) is 1. The fourth-order valence-electron chi connectivity index (χ4n) is 2.02. The molecule has 0 bridgehead atoms. The molecule has 1 fully saturated rings. The summed E-state index contributed by atoms with van der Waals surface area (Å²) in [5.41, 5.74) is 5.86. The van der Waals surface area contributed by atoms with Crippen molar-refractivity contribution < 1.29 is 18.3 Å². The summed E-state index contributed by atoms with van der Waals surface area (Å²) in [6.45, 7) is 0.400. The first-order valence-electron chi connectivity index (χ1n) is 5.86. The Labute approximate surface area is 111 Å². The summed E-state index contributed by atoms with van der Waals surface area (Å²) in [6.07, 6.45) is 1.93. The highest BCUT2D eigenvalue weighted by molar-refractivity contribution is 7.89. The minimum atomic E-state index is -3.65. The molecule has 1 aliphatic rings. The minimum absolute atomic E-state index is 0.0597. The van der Waals surface area contributed by atoms with Crippen molar-refractivity contribution in [3.63, 3.8) is 0 Å². The van der Waals surface area contributed by atoms with E-state index in [4.69, 9.17) is 10.8 Å². The Balaban J connectivity index is 2.14. The van der Waals surface area contributed by atoms with Crippen LogP contribution in [0.1, 0.15) is 12.8 Å². The predicted molar refractivity (Wildman–Crippen MR) is 67.8 cm³/mol. The number of rotatable bonds is 3. The van der Waals surface area contributed by atoms with E-state index in [0.29, 0.717) is 18.5 Å². The van der Waals surface area contributed by atoms with Crippen molar-refractivity contribution in [3.05, 3.63) is 18.3 Å². The van der Waals surface area contributed by atoms with Crippen LogP contribution in [-0.4, -0.2) is 41.9 Å². The molecule has 19 heavy (non-hydrogen) atoms. The maximum atomic E-state index is 12.3. The van der Waals surface area contributed by atoms with Crippen molar-refractivity contribution in [1.82, 2.24) is 9.29 Å². The van der Waals surface area contributed by atoms with Crippen LogP contribution in [0.2, 0.25) is 0 Å². The van der Waals surface area contributed by atoms with Crippen LogP contribution in [0.4, 0.5) is 5.69 Å². The van der Waals surface area contributed by atoms with E-state index >= 15 is 0 Å². The number of hydrogen-bond donors (Lipinski definition) is 2. The summed E-state index contributed by atoms with van der Waals surface area (Å²) >= 11 is 0. The van der Waals surface area contributed by atoms with Gasteiger partial charge in [0, 0.05) is 13.1 Å². The van der Waals surface area contributed by atoms with Crippen LogP contribution in [0.25, 0.3) is 0 Å². The van der Waals surface area contributed by atoms with E-state index in [0.717, 1.165) is 0 Å². The van der Waals surface area contributed by atoms with Crippen molar-refractivity contribution in [2.24, 2.45) is 5.92 Å². The van der Waals surface area contributed by atoms with Crippen LogP contribution < -0.4 is 5.73 Å². The topological polar surface area (TPSA) is 114 Å². The van der Waals surface area contributed by atoms with Gasteiger partial charge < -0.3 is 10.8 Å². The van der Waals surface area contributed by atoms with E-state index in [1.807, 2.05) is 0 Å². The number of hydrogen-bond acceptors (Lipinski definition) is 5. The lowest BCUT2D eigenvalue weighted by molar-refractivity contribution is -0.142. The largest absolute Gasteiger partial charge is 0.481 e. The van der Waals surface area contributed by atoms with E-state index in [9.17, 15) is 13.2 Å². The highest BCUT2D eigenvalue weighted by Crippen LogP contribution is 2.23. The van der Waals surface area contributed by atoms with Gasteiger partial charge in [-0.1, -0.05) is 0 Å². The van der Waals surface area contributed by atoms with Crippen molar-refractivity contribution in [2.75, 3.05) is 18.8 Å². The maximum absolute atomic E-state index is 12.3. The average molecular weight is 285 g/mol. The van der Waals surface area contributed by atoms with Crippen molar-refractivity contribution in [1.29, 1.82) is 0 Å². The van der Waals surface area contributed by atoms with Crippen LogP contribution in [0.15, 0.2) is 23.4 Å². The molecular formula is C11H15N3O4S. The third kappa shape index (κ3) is 2.85. The molecule has 0 spiro atoms. The summed E-state index contributed by atoms with van der Waals surface area (Å²) in [5.74, 6) is -1.34. The molecule has 0 radical (unpaired) electrons. The molecule has 1 aromatic rings. The Kier molecular flexibility index (Phi) is 3.72. The second-order valence-corrected chi connectivity index (χ2v) is 6.33. The molecule has 8 heteroatoms. The van der Waals surface area contributed by atoms with E-state index in [1.54, 1.807) is 0 Å². The zero-order valence-corrected chi connectivity index (χ0v) is 11.0. The van der Waals surface area contributed by atoms with Crippen LogP contribution in [0.5, 0.6) is 0 Å². The van der Waals surface area contributed by atoms with Gasteiger partial charge in [-0.15, -0.1) is 0 Å². The van der Waals surface area contributed by atoms with Gasteiger partial charge >= 0.3 is 5.97 Å². The third-order valence-electron chi connectivity index (χ3n) is 3.17. The van der Waals surface area contributed by atoms with E-state index < -0.39 is 21.9 Å². The van der Waals surface area contributed by atoms with Crippen LogP contribution in [0, 0.1) is 5.92 Å². The van der Waals surface area contributed by atoms with Gasteiger partial charge in [-0.25, -0.2) is 13.4 Å². The fourth-order valence-corrected chi connectivity index (χ4v) is 3.40. The Hall–Kier alpha value is -1.67. The number of nitrogens with zero attached hydrogens (tertiary/aromatic N) is 2. The number of carbonyl (C=O) groups is 1. The number of pyridine rings is 1. The predicted octanol–water partition coefficient (Wildman–Crippen LogP) is 0.149.